The van der Waals surface area contributed by atoms with Gasteiger partial charge in [-0.3, -0.25) is 9.89 Å². The zero-order chi connectivity index (χ0) is 17.5. The minimum absolute atomic E-state index is 0.0464. The summed E-state index contributed by atoms with van der Waals surface area (Å²) in [6, 6.07) is 6.04. The highest BCUT2D eigenvalue weighted by Crippen LogP contribution is 2.22. The molecule has 0 unspecified atom stereocenters. The van der Waals surface area contributed by atoms with Crippen molar-refractivity contribution in [1.29, 1.82) is 0 Å². The van der Waals surface area contributed by atoms with Gasteiger partial charge in [0.05, 0.1) is 24.5 Å². The maximum Gasteiger partial charge on any atom is 0.254 e. The topological polar surface area (TPSA) is 76.2 Å². The molecule has 2 atom stereocenters. The zero-order valence-electron chi connectivity index (χ0n) is 13.9. The van der Waals surface area contributed by atoms with E-state index in [0.29, 0.717) is 37.0 Å². The predicted octanol–water partition coefficient (Wildman–Crippen LogP) is 2.54. The Labute approximate surface area is 145 Å². The lowest BCUT2D eigenvalue weighted by Gasteiger charge is -2.29. The van der Waals surface area contributed by atoms with Crippen molar-refractivity contribution in [3.63, 3.8) is 0 Å². The molecule has 1 aliphatic rings. The van der Waals surface area contributed by atoms with Gasteiger partial charge >= 0.3 is 0 Å². The highest BCUT2D eigenvalue weighted by molar-refractivity contribution is 5.93. The number of amides is 1. The van der Waals surface area contributed by atoms with Crippen LogP contribution in [0.4, 0.5) is 4.39 Å². The highest BCUT2D eigenvalue weighted by atomic mass is 19.1. The first-order valence-corrected chi connectivity index (χ1v) is 8.47. The highest BCUT2D eigenvalue weighted by Gasteiger charge is 2.22. The van der Waals surface area contributed by atoms with Gasteiger partial charge in [-0.1, -0.05) is 0 Å². The molecule has 2 aromatic rings. The Balaban J connectivity index is 1.30. The Kier molecular flexibility index (Phi) is 6.00. The molecule has 134 valence electrons. The van der Waals surface area contributed by atoms with E-state index in [1.807, 2.05) is 0 Å². The summed E-state index contributed by atoms with van der Waals surface area (Å²) in [6.07, 6.45) is 5.95. The number of hydrogen-bond acceptors (Lipinski definition) is 4. The molecule has 1 aromatic carbocycles. The van der Waals surface area contributed by atoms with Crippen molar-refractivity contribution < 1.29 is 18.7 Å². The molecule has 1 aromatic heterocycles. The molecule has 0 saturated carbocycles. The van der Waals surface area contributed by atoms with Gasteiger partial charge in [-0.25, -0.2) is 4.39 Å². The van der Waals surface area contributed by atoms with E-state index < -0.39 is 0 Å². The van der Waals surface area contributed by atoms with Gasteiger partial charge in [0.25, 0.3) is 5.91 Å². The Morgan fingerprint density at radius 1 is 1.36 bits per heavy atom. The second-order valence-corrected chi connectivity index (χ2v) is 6.19. The van der Waals surface area contributed by atoms with E-state index >= 15 is 0 Å². The summed E-state index contributed by atoms with van der Waals surface area (Å²) < 4.78 is 24.3. The van der Waals surface area contributed by atoms with E-state index in [-0.39, 0.29) is 17.8 Å². The van der Waals surface area contributed by atoms with Crippen LogP contribution in [0, 0.1) is 11.7 Å². The van der Waals surface area contributed by atoms with Crippen LogP contribution in [-0.4, -0.2) is 42.0 Å². The number of rotatable bonds is 7. The van der Waals surface area contributed by atoms with Gasteiger partial charge in [-0.05, 0) is 49.4 Å². The monoisotopic (exact) mass is 347 g/mol. The molecule has 1 amide bonds. The van der Waals surface area contributed by atoms with Crippen LogP contribution in [0.2, 0.25) is 0 Å². The van der Waals surface area contributed by atoms with Crippen LogP contribution in [0.25, 0.3) is 0 Å². The average molecular weight is 347 g/mol. The molecule has 0 bridgehead atoms. The minimum atomic E-state index is -0.265. The van der Waals surface area contributed by atoms with E-state index in [2.05, 4.69) is 15.5 Å². The molecule has 2 heterocycles. The third-order valence-corrected chi connectivity index (χ3v) is 4.32. The Morgan fingerprint density at radius 3 is 2.88 bits per heavy atom. The Bertz CT molecular complexity index is 653. The average Bonchev–Trinajstić information content (AvgIpc) is 3.17. The van der Waals surface area contributed by atoms with Gasteiger partial charge in [-0.15, -0.1) is 0 Å². The van der Waals surface area contributed by atoms with Crippen LogP contribution >= 0.6 is 0 Å². The van der Waals surface area contributed by atoms with Crippen LogP contribution in [0.5, 0.6) is 5.75 Å². The number of nitrogens with zero attached hydrogens (tertiary/aromatic N) is 1. The zero-order valence-corrected chi connectivity index (χ0v) is 13.9. The standard InChI is InChI=1S/C18H22FN3O3/c19-15-2-5-16(6-3-15)24-8-7-13-1-4-17(25-12-13)11-20-18(23)14-9-21-22-10-14/h2-3,5-6,9-10,13,17H,1,4,7-8,11-12H2,(H,20,23)(H,21,22)/t13-,17+/m0/s1. The SMILES string of the molecule is O=C(NC[C@H]1CC[C@@H](CCOc2ccc(F)cc2)CO1)c1cn[nH]c1. The molecule has 1 saturated heterocycles. The first-order chi connectivity index (χ1) is 12.2. The molecule has 0 radical (unpaired) electrons. The molecule has 3 rings (SSSR count). The smallest absolute Gasteiger partial charge is 0.254 e. The fraction of sp³-hybridized carbons (Fsp3) is 0.444. The summed E-state index contributed by atoms with van der Waals surface area (Å²) in [5, 5.41) is 9.23. The minimum Gasteiger partial charge on any atom is -0.494 e. The van der Waals surface area contributed by atoms with Gasteiger partial charge in [0.1, 0.15) is 11.6 Å². The third kappa shape index (κ3) is 5.29. The lowest BCUT2D eigenvalue weighted by atomic mass is 9.95. The van der Waals surface area contributed by atoms with E-state index in [0.717, 1.165) is 19.3 Å². The number of carbonyl (C=O) groups is 1. The maximum absolute atomic E-state index is 12.8. The first kappa shape index (κ1) is 17.4. The predicted molar refractivity (Wildman–Crippen MR) is 89.9 cm³/mol. The summed E-state index contributed by atoms with van der Waals surface area (Å²) in [4.78, 5) is 11.8. The fourth-order valence-electron chi connectivity index (χ4n) is 2.81. The number of aromatic nitrogens is 2. The first-order valence-electron chi connectivity index (χ1n) is 8.47. The summed E-state index contributed by atoms with van der Waals surface area (Å²) in [6.45, 7) is 1.75. The van der Waals surface area contributed by atoms with E-state index in [4.69, 9.17) is 9.47 Å². The Morgan fingerprint density at radius 2 is 2.20 bits per heavy atom. The van der Waals surface area contributed by atoms with Crippen molar-refractivity contribution in [1.82, 2.24) is 15.5 Å². The summed E-state index contributed by atoms with van der Waals surface area (Å²) in [7, 11) is 0. The van der Waals surface area contributed by atoms with Crippen molar-refractivity contribution in [2.45, 2.75) is 25.4 Å². The molecule has 0 aliphatic carbocycles. The molecule has 7 heteroatoms. The van der Waals surface area contributed by atoms with E-state index in [9.17, 15) is 9.18 Å². The van der Waals surface area contributed by atoms with Crippen LogP contribution in [0.15, 0.2) is 36.7 Å². The number of hydrogen-bond donors (Lipinski definition) is 2. The number of carbonyl (C=O) groups excluding carboxylic acids is 1. The fourth-order valence-corrected chi connectivity index (χ4v) is 2.81. The second-order valence-electron chi connectivity index (χ2n) is 6.19. The molecule has 1 aliphatic heterocycles. The van der Waals surface area contributed by atoms with Crippen LogP contribution in [0.3, 0.4) is 0 Å². The van der Waals surface area contributed by atoms with Crippen LogP contribution in [0.1, 0.15) is 29.6 Å². The van der Waals surface area contributed by atoms with Gasteiger partial charge in [0, 0.05) is 19.3 Å². The van der Waals surface area contributed by atoms with Crippen molar-refractivity contribution in [2.24, 2.45) is 5.92 Å². The maximum atomic E-state index is 12.8. The van der Waals surface area contributed by atoms with Gasteiger partial charge in [0.15, 0.2) is 0 Å². The normalized spacial score (nSPS) is 20.2. The summed E-state index contributed by atoms with van der Waals surface area (Å²) >= 11 is 0. The van der Waals surface area contributed by atoms with E-state index in [1.165, 1.54) is 18.3 Å². The Hall–Kier alpha value is -2.41. The molecular weight excluding hydrogens is 325 g/mol. The van der Waals surface area contributed by atoms with Gasteiger partial charge < -0.3 is 14.8 Å². The molecule has 0 spiro atoms. The van der Waals surface area contributed by atoms with Crippen molar-refractivity contribution in [3.8, 4) is 5.75 Å². The van der Waals surface area contributed by atoms with Crippen molar-refractivity contribution in [3.05, 3.63) is 48.0 Å². The summed E-state index contributed by atoms with van der Waals surface area (Å²) in [5.41, 5.74) is 0.520. The third-order valence-electron chi connectivity index (χ3n) is 4.32. The second kappa shape index (κ2) is 8.62. The number of H-pyrrole nitrogens is 1. The number of ether oxygens (including phenoxy) is 2. The number of benzene rings is 1. The van der Waals surface area contributed by atoms with Crippen molar-refractivity contribution in [2.75, 3.05) is 19.8 Å². The van der Waals surface area contributed by atoms with Gasteiger partial charge in [0.2, 0.25) is 0 Å². The van der Waals surface area contributed by atoms with Crippen LogP contribution in [-0.2, 0) is 4.74 Å². The number of nitrogens with one attached hydrogen (secondary N) is 2. The molecule has 6 nitrogen and oxygen atoms in total. The number of halogens is 1. The lowest BCUT2D eigenvalue weighted by Crippen LogP contribution is -2.37. The largest absolute Gasteiger partial charge is 0.494 e. The van der Waals surface area contributed by atoms with Gasteiger partial charge in [-0.2, -0.15) is 5.10 Å². The van der Waals surface area contributed by atoms with Crippen molar-refractivity contribution >= 4 is 5.91 Å². The quantitative estimate of drug-likeness (QED) is 0.807. The van der Waals surface area contributed by atoms with E-state index in [1.54, 1.807) is 18.3 Å². The molecule has 1 fully saturated rings. The summed E-state index contributed by atoms with van der Waals surface area (Å²) in [5.74, 6) is 0.713. The molecular formula is C18H22FN3O3. The number of aromatic amines is 1. The van der Waals surface area contributed by atoms with Crippen LogP contribution < -0.4 is 10.1 Å². The lowest BCUT2D eigenvalue weighted by molar-refractivity contribution is -0.0187. The molecule has 25 heavy (non-hydrogen) atoms. The molecule has 2 N–H and O–H groups in total.